The molecule has 0 saturated heterocycles. The van der Waals surface area contributed by atoms with Gasteiger partial charge in [0.1, 0.15) is 5.75 Å². The van der Waals surface area contributed by atoms with Gasteiger partial charge in [0.15, 0.2) is 0 Å². The third-order valence-corrected chi connectivity index (χ3v) is 5.05. The SMILES string of the molecule is COc1cccc2c1N[C@H](c1ccccc1[N+](=O)[O-])[C@H]1CC=C[C@@H]21. The van der Waals surface area contributed by atoms with Gasteiger partial charge >= 0.3 is 0 Å². The number of allylic oxidation sites excluding steroid dienone is 2. The molecule has 0 unspecified atom stereocenters. The number of ether oxygens (including phenoxy) is 1. The average molecular weight is 322 g/mol. The number of rotatable bonds is 3. The Labute approximate surface area is 140 Å². The van der Waals surface area contributed by atoms with Crippen LogP contribution in [0.4, 0.5) is 11.4 Å². The third-order valence-electron chi connectivity index (χ3n) is 5.05. The zero-order valence-electron chi connectivity index (χ0n) is 13.3. The van der Waals surface area contributed by atoms with Crippen LogP contribution in [0.3, 0.4) is 0 Å². The first-order valence-corrected chi connectivity index (χ1v) is 8.04. The number of hydrogen-bond acceptors (Lipinski definition) is 4. The van der Waals surface area contributed by atoms with Gasteiger partial charge in [-0.25, -0.2) is 0 Å². The molecule has 1 N–H and O–H groups in total. The van der Waals surface area contributed by atoms with Crippen LogP contribution in [0.2, 0.25) is 0 Å². The predicted octanol–water partition coefficient (Wildman–Crippen LogP) is 4.43. The van der Waals surface area contributed by atoms with Crippen molar-refractivity contribution < 1.29 is 9.66 Å². The number of methoxy groups -OCH3 is 1. The van der Waals surface area contributed by atoms with Crippen molar-refractivity contribution >= 4 is 11.4 Å². The average Bonchev–Trinajstić information content (AvgIpc) is 3.10. The van der Waals surface area contributed by atoms with Crippen molar-refractivity contribution in [3.8, 4) is 5.75 Å². The van der Waals surface area contributed by atoms with Gasteiger partial charge in [0, 0.05) is 12.0 Å². The van der Waals surface area contributed by atoms with E-state index in [2.05, 4.69) is 23.5 Å². The summed E-state index contributed by atoms with van der Waals surface area (Å²) < 4.78 is 5.50. The predicted molar refractivity (Wildman–Crippen MR) is 92.4 cm³/mol. The topological polar surface area (TPSA) is 64.4 Å². The van der Waals surface area contributed by atoms with Gasteiger partial charge in [0.05, 0.1) is 29.3 Å². The van der Waals surface area contributed by atoms with Gasteiger partial charge in [-0.3, -0.25) is 10.1 Å². The van der Waals surface area contributed by atoms with E-state index in [9.17, 15) is 10.1 Å². The lowest BCUT2D eigenvalue weighted by molar-refractivity contribution is -0.385. The highest BCUT2D eigenvalue weighted by atomic mass is 16.6. The van der Waals surface area contributed by atoms with Gasteiger partial charge in [-0.05, 0) is 24.0 Å². The first-order valence-electron chi connectivity index (χ1n) is 8.04. The van der Waals surface area contributed by atoms with E-state index < -0.39 is 0 Å². The molecule has 0 aromatic heterocycles. The van der Waals surface area contributed by atoms with E-state index in [4.69, 9.17) is 4.74 Å². The van der Waals surface area contributed by atoms with Gasteiger partial charge in [-0.1, -0.05) is 42.5 Å². The first-order chi connectivity index (χ1) is 11.7. The van der Waals surface area contributed by atoms with Crippen molar-refractivity contribution in [1.29, 1.82) is 0 Å². The van der Waals surface area contributed by atoms with Crippen molar-refractivity contribution in [3.05, 3.63) is 75.9 Å². The van der Waals surface area contributed by atoms with Gasteiger partial charge in [-0.15, -0.1) is 0 Å². The summed E-state index contributed by atoms with van der Waals surface area (Å²) in [6.07, 6.45) is 5.30. The third kappa shape index (κ3) is 2.16. The summed E-state index contributed by atoms with van der Waals surface area (Å²) in [4.78, 5) is 11.2. The van der Waals surface area contributed by atoms with Crippen LogP contribution in [-0.2, 0) is 0 Å². The van der Waals surface area contributed by atoms with E-state index in [1.165, 1.54) is 5.56 Å². The molecule has 122 valence electrons. The number of anilines is 1. The van der Waals surface area contributed by atoms with Crippen LogP contribution in [0.25, 0.3) is 0 Å². The Kier molecular flexibility index (Phi) is 3.49. The van der Waals surface area contributed by atoms with E-state index in [1.807, 2.05) is 24.3 Å². The Morgan fingerprint density at radius 2 is 1.96 bits per heavy atom. The normalized spacial score (nSPS) is 24.0. The maximum atomic E-state index is 11.5. The van der Waals surface area contributed by atoms with E-state index in [0.717, 1.165) is 23.4 Å². The molecule has 2 aromatic rings. The zero-order chi connectivity index (χ0) is 16.7. The second-order valence-electron chi connectivity index (χ2n) is 6.22. The molecule has 3 atom stereocenters. The Balaban J connectivity index is 1.86. The fourth-order valence-corrected chi connectivity index (χ4v) is 3.99. The zero-order valence-corrected chi connectivity index (χ0v) is 13.3. The highest BCUT2D eigenvalue weighted by molar-refractivity contribution is 5.68. The van der Waals surface area contributed by atoms with Crippen molar-refractivity contribution in [3.63, 3.8) is 0 Å². The second-order valence-corrected chi connectivity index (χ2v) is 6.22. The van der Waals surface area contributed by atoms with Crippen LogP contribution < -0.4 is 10.1 Å². The molecule has 0 radical (unpaired) electrons. The molecular weight excluding hydrogens is 304 g/mol. The minimum absolute atomic E-state index is 0.115. The van der Waals surface area contributed by atoms with Crippen LogP contribution in [-0.4, -0.2) is 12.0 Å². The smallest absolute Gasteiger partial charge is 0.274 e. The first kappa shape index (κ1) is 14.8. The van der Waals surface area contributed by atoms with Crippen LogP contribution in [0.5, 0.6) is 5.75 Å². The molecule has 5 heteroatoms. The number of para-hydroxylation sites is 2. The maximum Gasteiger partial charge on any atom is 0.274 e. The molecule has 24 heavy (non-hydrogen) atoms. The largest absolute Gasteiger partial charge is 0.495 e. The number of nitro groups is 1. The highest BCUT2D eigenvalue weighted by Gasteiger charge is 2.41. The molecule has 0 saturated carbocycles. The van der Waals surface area contributed by atoms with Crippen LogP contribution in [0, 0.1) is 16.0 Å². The highest BCUT2D eigenvalue weighted by Crippen LogP contribution is 2.53. The van der Waals surface area contributed by atoms with Gasteiger partial charge in [-0.2, -0.15) is 0 Å². The molecule has 4 rings (SSSR count). The van der Waals surface area contributed by atoms with E-state index in [-0.39, 0.29) is 28.5 Å². The molecule has 1 aliphatic heterocycles. The molecule has 0 amide bonds. The Bertz CT molecular complexity index is 831. The van der Waals surface area contributed by atoms with Crippen molar-refractivity contribution in [1.82, 2.24) is 0 Å². The quantitative estimate of drug-likeness (QED) is 0.516. The lowest BCUT2D eigenvalue weighted by atomic mass is 9.76. The Morgan fingerprint density at radius 3 is 2.75 bits per heavy atom. The maximum absolute atomic E-state index is 11.5. The Hall–Kier alpha value is -2.82. The number of hydrogen-bond donors (Lipinski definition) is 1. The monoisotopic (exact) mass is 322 g/mol. The molecule has 2 aromatic carbocycles. The minimum atomic E-state index is -0.299. The summed E-state index contributed by atoms with van der Waals surface area (Å²) >= 11 is 0. The lowest BCUT2D eigenvalue weighted by Gasteiger charge is -2.37. The summed E-state index contributed by atoms with van der Waals surface area (Å²) in [7, 11) is 1.65. The summed E-state index contributed by atoms with van der Waals surface area (Å²) in [5.74, 6) is 1.29. The summed E-state index contributed by atoms with van der Waals surface area (Å²) in [5, 5.41) is 15.0. The van der Waals surface area contributed by atoms with Gasteiger partial charge in [0.2, 0.25) is 0 Å². The lowest BCUT2D eigenvalue weighted by Crippen LogP contribution is -2.29. The molecule has 2 aliphatic rings. The minimum Gasteiger partial charge on any atom is -0.495 e. The van der Waals surface area contributed by atoms with Crippen LogP contribution >= 0.6 is 0 Å². The van der Waals surface area contributed by atoms with Crippen LogP contribution in [0.1, 0.15) is 29.5 Å². The van der Waals surface area contributed by atoms with Crippen molar-refractivity contribution in [2.75, 3.05) is 12.4 Å². The van der Waals surface area contributed by atoms with E-state index >= 15 is 0 Å². The Morgan fingerprint density at radius 1 is 1.17 bits per heavy atom. The molecule has 0 spiro atoms. The summed E-state index contributed by atoms with van der Waals surface area (Å²) in [5.41, 5.74) is 3.04. The number of nitrogens with zero attached hydrogens (tertiary/aromatic N) is 1. The number of fused-ring (bicyclic) bond motifs is 3. The fraction of sp³-hybridized carbons (Fsp3) is 0.263. The fourth-order valence-electron chi connectivity index (χ4n) is 3.99. The molecule has 5 nitrogen and oxygen atoms in total. The van der Waals surface area contributed by atoms with E-state index in [0.29, 0.717) is 0 Å². The van der Waals surface area contributed by atoms with Gasteiger partial charge < -0.3 is 10.1 Å². The molecule has 1 heterocycles. The number of nitrogens with one attached hydrogen (secondary N) is 1. The van der Waals surface area contributed by atoms with Gasteiger partial charge in [0.25, 0.3) is 5.69 Å². The molecular formula is C19H18N2O3. The second kappa shape index (κ2) is 5.67. The number of benzene rings is 2. The standard InChI is InChI=1S/C19H18N2O3/c1-24-17-11-5-9-14-12-7-4-8-13(12)18(20-19(14)17)15-6-2-3-10-16(15)21(22)23/h2-7,9-13,18,20H,8H2,1H3/t12-,13+,18+/m1/s1. The molecule has 1 aliphatic carbocycles. The summed E-state index contributed by atoms with van der Waals surface area (Å²) in [6, 6.07) is 12.9. The van der Waals surface area contributed by atoms with E-state index in [1.54, 1.807) is 19.2 Å². The molecule has 0 fully saturated rings. The number of nitro benzene ring substituents is 1. The molecule has 0 bridgehead atoms. The summed E-state index contributed by atoms with van der Waals surface area (Å²) in [6.45, 7) is 0. The van der Waals surface area contributed by atoms with Crippen molar-refractivity contribution in [2.24, 2.45) is 5.92 Å². The van der Waals surface area contributed by atoms with Crippen molar-refractivity contribution in [2.45, 2.75) is 18.4 Å². The van der Waals surface area contributed by atoms with Crippen LogP contribution in [0.15, 0.2) is 54.6 Å².